The summed E-state index contributed by atoms with van der Waals surface area (Å²) in [5.74, 6) is 4.03. The Bertz CT molecular complexity index is 2860. The molecule has 2 fully saturated rings. The topological polar surface area (TPSA) is 62.5 Å². The highest BCUT2D eigenvalue weighted by Gasteiger charge is 2.45. The molecule has 0 aliphatic heterocycles. The summed E-state index contributed by atoms with van der Waals surface area (Å²) in [5, 5.41) is 10.2. The van der Waals surface area contributed by atoms with Crippen LogP contribution in [0.3, 0.4) is 0 Å². The quantitative estimate of drug-likeness (QED) is 0.154. The molecule has 4 nitrogen and oxygen atoms in total. The first kappa shape index (κ1) is 38.3. The van der Waals surface area contributed by atoms with E-state index >= 15 is 0 Å². The lowest BCUT2D eigenvalue weighted by Crippen LogP contribution is -2.42. The van der Waals surface area contributed by atoms with Crippen molar-refractivity contribution in [3.8, 4) is 84.7 Å². The van der Waals surface area contributed by atoms with E-state index in [1.165, 1.54) is 48.8 Å². The van der Waals surface area contributed by atoms with Gasteiger partial charge in [0.05, 0.1) is 11.6 Å². The van der Waals surface area contributed by atoms with E-state index in [1.54, 1.807) is 0 Å². The lowest BCUT2D eigenvalue weighted by atomic mass is 9.54. The fraction of sp³-hybridized carbons (Fsp3) is 0.193. The molecule has 2 aliphatic carbocycles. The molecular weight excluding hydrogens is 741 g/mol. The summed E-state index contributed by atoms with van der Waals surface area (Å²) in [5.41, 5.74) is 13.6. The van der Waals surface area contributed by atoms with Crippen LogP contribution in [0.4, 0.5) is 0 Å². The van der Waals surface area contributed by atoms with Gasteiger partial charge in [-0.25, -0.2) is 15.0 Å². The largest absolute Gasteiger partial charge is 0.208 e. The fourth-order valence-corrected chi connectivity index (χ4v) is 10.7. The molecule has 0 radical (unpaired) electrons. The van der Waals surface area contributed by atoms with Crippen molar-refractivity contribution in [2.45, 2.75) is 51.4 Å². The molecule has 10 rings (SSSR count). The van der Waals surface area contributed by atoms with Crippen molar-refractivity contribution in [1.82, 2.24) is 15.0 Å². The Balaban J connectivity index is 1.11. The number of aromatic nitrogens is 3. The molecule has 1 heterocycles. The van der Waals surface area contributed by atoms with Crippen LogP contribution in [0.5, 0.6) is 0 Å². The maximum Gasteiger partial charge on any atom is 0.164 e. The molecule has 0 saturated heterocycles. The van der Waals surface area contributed by atoms with E-state index in [4.69, 9.17) is 15.0 Å². The molecule has 1 aromatic heterocycles. The Morgan fingerprint density at radius 1 is 0.426 bits per heavy atom. The minimum atomic E-state index is 0.286. The van der Waals surface area contributed by atoms with Gasteiger partial charge in [0.1, 0.15) is 0 Å². The molecule has 4 heteroatoms. The Morgan fingerprint density at radius 2 is 0.902 bits per heavy atom. The number of nitriles is 1. The van der Waals surface area contributed by atoms with E-state index in [9.17, 15) is 5.26 Å². The summed E-state index contributed by atoms with van der Waals surface area (Å²) in [7, 11) is 0. The van der Waals surface area contributed by atoms with Crippen LogP contribution >= 0.6 is 0 Å². The highest BCUT2D eigenvalue weighted by molar-refractivity contribution is 5.87. The molecule has 296 valence electrons. The molecule has 7 aromatic carbocycles. The highest BCUT2D eigenvalue weighted by Crippen LogP contribution is 2.54. The Hall–Kier alpha value is -6.96. The standard InChI is InChI=1S/C57H48N4/c1-38-27-40-28-39(2)35-57(34-38,36-40)51-24-21-45(22-25-51)52-26-23-48(33-53(52)44-17-10-5-11-18-44)55-59-54(47-20-12-19-46(31-47)42-13-6-3-7-14-42)60-56(61-55)50-30-41(37-58)29-49(32-50)43-15-8-4-9-16-43/h3-26,29-33,38-40H,27-28,34-36H2,1-2H3/t38-,39+,40?,57?. The minimum absolute atomic E-state index is 0.286. The molecule has 2 aliphatic rings. The average Bonchev–Trinajstić information content (AvgIpc) is 3.31. The van der Waals surface area contributed by atoms with Crippen molar-refractivity contribution >= 4 is 0 Å². The Kier molecular flexibility index (Phi) is 10.2. The smallest absolute Gasteiger partial charge is 0.164 e. The normalized spacial score (nSPS) is 19.5. The third-order valence-electron chi connectivity index (χ3n) is 13.1. The van der Waals surface area contributed by atoms with Crippen molar-refractivity contribution in [1.29, 1.82) is 5.26 Å². The van der Waals surface area contributed by atoms with Gasteiger partial charge in [0.15, 0.2) is 17.5 Å². The molecule has 61 heavy (non-hydrogen) atoms. The zero-order valence-corrected chi connectivity index (χ0v) is 34.8. The molecule has 0 amide bonds. The van der Waals surface area contributed by atoms with Crippen LogP contribution in [0.1, 0.15) is 57.1 Å². The van der Waals surface area contributed by atoms with Gasteiger partial charge in [0.2, 0.25) is 0 Å². The second-order valence-electron chi connectivity index (χ2n) is 17.7. The fourth-order valence-electron chi connectivity index (χ4n) is 10.7. The molecule has 0 spiro atoms. The van der Waals surface area contributed by atoms with Crippen molar-refractivity contribution in [3.63, 3.8) is 0 Å². The van der Waals surface area contributed by atoms with E-state index in [0.717, 1.165) is 67.8 Å². The van der Waals surface area contributed by atoms with Crippen LogP contribution in [0.2, 0.25) is 0 Å². The van der Waals surface area contributed by atoms with Gasteiger partial charge in [-0.15, -0.1) is 0 Å². The molecular formula is C57H48N4. The summed E-state index contributed by atoms with van der Waals surface area (Å²) in [6, 6.07) is 63.9. The first-order valence-corrected chi connectivity index (χ1v) is 21.7. The highest BCUT2D eigenvalue weighted by atomic mass is 15.0. The Morgan fingerprint density at radius 3 is 1.52 bits per heavy atom. The number of hydrogen-bond acceptors (Lipinski definition) is 4. The zero-order valence-electron chi connectivity index (χ0n) is 34.8. The van der Waals surface area contributed by atoms with Crippen LogP contribution in [0.25, 0.3) is 78.7 Å². The van der Waals surface area contributed by atoms with Crippen LogP contribution < -0.4 is 0 Å². The number of nitrogens with zero attached hydrogens (tertiary/aromatic N) is 4. The van der Waals surface area contributed by atoms with Gasteiger partial charge < -0.3 is 0 Å². The summed E-state index contributed by atoms with van der Waals surface area (Å²) in [4.78, 5) is 15.5. The number of rotatable bonds is 8. The van der Waals surface area contributed by atoms with E-state index in [-0.39, 0.29) is 5.41 Å². The average molecular weight is 789 g/mol. The maximum atomic E-state index is 10.2. The van der Waals surface area contributed by atoms with Crippen molar-refractivity contribution in [2.24, 2.45) is 17.8 Å². The van der Waals surface area contributed by atoms with E-state index in [2.05, 4.69) is 159 Å². The van der Waals surface area contributed by atoms with Gasteiger partial charge in [-0.1, -0.05) is 159 Å². The molecule has 8 aromatic rings. The monoisotopic (exact) mass is 788 g/mol. The van der Waals surface area contributed by atoms with Crippen LogP contribution in [0.15, 0.2) is 176 Å². The van der Waals surface area contributed by atoms with Crippen molar-refractivity contribution in [2.75, 3.05) is 0 Å². The molecule has 2 bridgehead atoms. The SMILES string of the molecule is C[C@@H]1CC2C[C@H](C)CC(c3ccc(-c4ccc(-c5nc(-c6cccc(-c7ccccc7)c6)nc(-c6cc(C#N)cc(-c7ccccc7)c6)n5)cc4-c4ccccc4)cc3)(C2)C1. The van der Waals surface area contributed by atoms with E-state index in [0.29, 0.717) is 23.0 Å². The van der Waals surface area contributed by atoms with Gasteiger partial charge in [-0.2, -0.15) is 5.26 Å². The van der Waals surface area contributed by atoms with Crippen LogP contribution in [0, 0.1) is 29.1 Å². The van der Waals surface area contributed by atoms with Gasteiger partial charge in [-0.05, 0) is 136 Å². The lowest BCUT2D eigenvalue weighted by Gasteiger charge is -2.50. The summed E-state index contributed by atoms with van der Waals surface area (Å²) < 4.78 is 0. The van der Waals surface area contributed by atoms with E-state index in [1.807, 2.05) is 36.4 Å². The first-order valence-electron chi connectivity index (χ1n) is 21.7. The Labute approximate surface area is 359 Å². The van der Waals surface area contributed by atoms with Crippen LogP contribution in [-0.4, -0.2) is 15.0 Å². The first-order chi connectivity index (χ1) is 29.9. The third kappa shape index (κ3) is 7.81. The van der Waals surface area contributed by atoms with Gasteiger partial charge >= 0.3 is 0 Å². The third-order valence-corrected chi connectivity index (χ3v) is 13.1. The molecule has 2 unspecified atom stereocenters. The lowest BCUT2D eigenvalue weighted by molar-refractivity contribution is 0.0780. The number of benzene rings is 7. The molecule has 2 saturated carbocycles. The second kappa shape index (κ2) is 16.2. The van der Waals surface area contributed by atoms with Crippen molar-refractivity contribution in [3.05, 3.63) is 187 Å². The zero-order chi connectivity index (χ0) is 41.3. The van der Waals surface area contributed by atoms with Gasteiger partial charge in [0.25, 0.3) is 0 Å². The predicted molar refractivity (Wildman–Crippen MR) is 249 cm³/mol. The number of fused-ring (bicyclic) bond motifs is 2. The summed E-state index contributed by atoms with van der Waals surface area (Å²) in [6.45, 7) is 4.93. The summed E-state index contributed by atoms with van der Waals surface area (Å²) >= 11 is 0. The minimum Gasteiger partial charge on any atom is -0.208 e. The van der Waals surface area contributed by atoms with Crippen molar-refractivity contribution < 1.29 is 0 Å². The van der Waals surface area contributed by atoms with Gasteiger partial charge in [0, 0.05) is 16.7 Å². The molecule has 0 N–H and O–H groups in total. The summed E-state index contributed by atoms with van der Waals surface area (Å²) in [6.07, 6.45) is 6.66. The second-order valence-corrected chi connectivity index (χ2v) is 17.7. The maximum absolute atomic E-state index is 10.2. The predicted octanol–water partition coefficient (Wildman–Crippen LogP) is 14.5. The van der Waals surface area contributed by atoms with Gasteiger partial charge in [-0.3, -0.25) is 0 Å². The van der Waals surface area contributed by atoms with E-state index < -0.39 is 0 Å². The number of hydrogen-bond donors (Lipinski definition) is 0. The van der Waals surface area contributed by atoms with Crippen LogP contribution in [-0.2, 0) is 5.41 Å². The molecule has 4 atom stereocenters.